The fourth-order valence-corrected chi connectivity index (χ4v) is 2.77. The van der Waals surface area contributed by atoms with Crippen LogP contribution >= 0.6 is 0 Å². The van der Waals surface area contributed by atoms with Gasteiger partial charge in [0.25, 0.3) is 0 Å². The minimum absolute atomic E-state index is 0.00211. The Kier molecular flexibility index (Phi) is 5.25. The topological polar surface area (TPSA) is 88.6 Å². The van der Waals surface area contributed by atoms with Gasteiger partial charge in [0.2, 0.25) is 5.91 Å². The summed E-state index contributed by atoms with van der Waals surface area (Å²) >= 11 is 0. The third-order valence-corrected chi connectivity index (χ3v) is 3.80. The highest BCUT2D eigenvalue weighted by atomic mass is 16.3. The van der Waals surface area contributed by atoms with Crippen LogP contribution in [0.25, 0.3) is 0 Å². The van der Waals surface area contributed by atoms with Crippen LogP contribution in [-0.2, 0) is 4.79 Å². The third kappa shape index (κ3) is 4.24. The molecule has 0 unspecified atom stereocenters. The normalized spacial score (nSPS) is 19.1. The molecule has 1 aromatic heterocycles. The maximum absolute atomic E-state index is 12.4. The molecule has 116 valence electrons. The number of nitrogens with one attached hydrogen (secondary N) is 1. The third-order valence-electron chi connectivity index (χ3n) is 3.80. The second-order valence-corrected chi connectivity index (χ2v) is 5.44. The molecule has 2 rings (SSSR count). The predicted octanol–water partition coefficient (Wildman–Crippen LogP) is 2.09. The van der Waals surface area contributed by atoms with Crippen molar-refractivity contribution < 1.29 is 14.0 Å². The van der Waals surface area contributed by atoms with Crippen LogP contribution in [0.5, 0.6) is 0 Å². The summed E-state index contributed by atoms with van der Waals surface area (Å²) in [5.41, 5.74) is 5.01. The molecule has 3 amide bonds. The summed E-state index contributed by atoms with van der Waals surface area (Å²) in [5, 5.41) is 2.46. The van der Waals surface area contributed by atoms with Crippen molar-refractivity contribution in [2.24, 2.45) is 5.73 Å². The molecular formula is C15H23N3O3. The highest BCUT2D eigenvalue weighted by molar-refractivity contribution is 5.78. The first kappa shape index (κ1) is 15.4. The van der Waals surface area contributed by atoms with Crippen molar-refractivity contribution in [1.82, 2.24) is 10.2 Å². The van der Waals surface area contributed by atoms with E-state index in [9.17, 15) is 9.59 Å². The minimum Gasteiger partial charge on any atom is -0.464 e. The molecule has 3 N–H and O–H groups in total. The van der Waals surface area contributed by atoms with Crippen molar-refractivity contribution in [3.05, 3.63) is 23.7 Å². The van der Waals surface area contributed by atoms with Crippen LogP contribution in [0.3, 0.4) is 0 Å². The SMILES string of the molecule is Cc1ccc([C@H]2CCCCCN2C(=O)CCNC(N)=O)o1. The maximum atomic E-state index is 12.4. The summed E-state index contributed by atoms with van der Waals surface area (Å²) < 4.78 is 5.72. The summed E-state index contributed by atoms with van der Waals surface area (Å²) in [4.78, 5) is 25.0. The number of nitrogens with zero attached hydrogens (tertiary/aromatic N) is 1. The van der Waals surface area contributed by atoms with Gasteiger partial charge in [-0.25, -0.2) is 4.79 Å². The van der Waals surface area contributed by atoms with Gasteiger partial charge in [0.05, 0.1) is 6.04 Å². The number of carbonyl (C=O) groups is 2. The van der Waals surface area contributed by atoms with E-state index in [0.717, 1.165) is 43.7 Å². The summed E-state index contributed by atoms with van der Waals surface area (Å²) in [6, 6.07) is 3.28. The van der Waals surface area contributed by atoms with Gasteiger partial charge >= 0.3 is 6.03 Å². The Morgan fingerprint density at radius 1 is 1.38 bits per heavy atom. The zero-order valence-corrected chi connectivity index (χ0v) is 12.4. The second kappa shape index (κ2) is 7.15. The number of amides is 3. The zero-order valence-electron chi connectivity index (χ0n) is 12.4. The molecule has 0 saturated carbocycles. The van der Waals surface area contributed by atoms with Gasteiger partial charge in [0.15, 0.2) is 0 Å². The Bertz CT molecular complexity index is 498. The second-order valence-electron chi connectivity index (χ2n) is 5.44. The Hall–Kier alpha value is -1.98. The first-order valence-corrected chi connectivity index (χ1v) is 7.47. The molecule has 21 heavy (non-hydrogen) atoms. The number of urea groups is 1. The van der Waals surface area contributed by atoms with E-state index in [1.165, 1.54) is 0 Å². The number of likely N-dealkylation sites (tertiary alicyclic amines) is 1. The lowest BCUT2D eigenvalue weighted by atomic mass is 10.1. The minimum atomic E-state index is -0.600. The smallest absolute Gasteiger partial charge is 0.312 e. The maximum Gasteiger partial charge on any atom is 0.312 e. The van der Waals surface area contributed by atoms with Crippen LogP contribution in [0.15, 0.2) is 16.5 Å². The molecule has 6 heteroatoms. The largest absolute Gasteiger partial charge is 0.464 e. The monoisotopic (exact) mass is 293 g/mol. The van der Waals surface area contributed by atoms with Crippen LogP contribution in [0, 0.1) is 6.92 Å². The van der Waals surface area contributed by atoms with Gasteiger partial charge < -0.3 is 20.4 Å². The molecule has 1 aliphatic rings. The average Bonchev–Trinajstić information content (AvgIpc) is 2.72. The van der Waals surface area contributed by atoms with Gasteiger partial charge in [-0.2, -0.15) is 0 Å². The fraction of sp³-hybridized carbons (Fsp3) is 0.600. The number of aryl methyl sites for hydroxylation is 1. The number of nitrogens with two attached hydrogens (primary N) is 1. The number of rotatable bonds is 4. The molecule has 0 radical (unpaired) electrons. The molecule has 2 heterocycles. The molecule has 6 nitrogen and oxygen atoms in total. The summed E-state index contributed by atoms with van der Waals surface area (Å²) in [6.45, 7) is 2.91. The predicted molar refractivity (Wildman–Crippen MR) is 78.6 cm³/mol. The Labute approximate surface area is 124 Å². The van der Waals surface area contributed by atoms with Gasteiger partial charge in [-0.1, -0.05) is 12.8 Å². The van der Waals surface area contributed by atoms with E-state index in [0.29, 0.717) is 0 Å². The van der Waals surface area contributed by atoms with Crippen molar-refractivity contribution in [3.8, 4) is 0 Å². The summed E-state index contributed by atoms with van der Waals surface area (Å²) in [7, 11) is 0. The summed E-state index contributed by atoms with van der Waals surface area (Å²) in [6.07, 6.45) is 4.40. The lowest BCUT2D eigenvalue weighted by molar-refractivity contribution is -0.133. The Morgan fingerprint density at radius 2 is 2.19 bits per heavy atom. The number of carbonyl (C=O) groups excluding carboxylic acids is 2. The van der Waals surface area contributed by atoms with Crippen LogP contribution in [0.1, 0.15) is 49.7 Å². The highest BCUT2D eigenvalue weighted by Crippen LogP contribution is 2.31. The molecule has 1 atom stereocenters. The zero-order chi connectivity index (χ0) is 15.2. The van der Waals surface area contributed by atoms with Crippen LogP contribution < -0.4 is 11.1 Å². The van der Waals surface area contributed by atoms with Crippen LogP contribution in [0.2, 0.25) is 0 Å². The van der Waals surface area contributed by atoms with Gasteiger partial charge in [0, 0.05) is 19.5 Å². The first-order chi connectivity index (χ1) is 10.1. The van der Waals surface area contributed by atoms with E-state index in [4.69, 9.17) is 10.2 Å². The molecule has 1 saturated heterocycles. The van der Waals surface area contributed by atoms with Gasteiger partial charge in [0.1, 0.15) is 11.5 Å². The lowest BCUT2D eigenvalue weighted by Crippen LogP contribution is -2.38. The molecule has 0 aromatic carbocycles. The average molecular weight is 293 g/mol. The molecular weight excluding hydrogens is 270 g/mol. The first-order valence-electron chi connectivity index (χ1n) is 7.47. The van der Waals surface area contributed by atoms with E-state index < -0.39 is 6.03 Å². The molecule has 1 fully saturated rings. The van der Waals surface area contributed by atoms with Crippen molar-refractivity contribution >= 4 is 11.9 Å². The van der Waals surface area contributed by atoms with Crippen molar-refractivity contribution in [3.63, 3.8) is 0 Å². The number of furan rings is 1. The van der Waals surface area contributed by atoms with E-state index in [1.54, 1.807) is 0 Å². The number of hydrogen-bond acceptors (Lipinski definition) is 3. The molecule has 0 bridgehead atoms. The molecule has 1 aromatic rings. The number of hydrogen-bond donors (Lipinski definition) is 2. The standard InChI is InChI=1S/C15H23N3O3/c1-11-6-7-13(21-11)12-5-3-2-4-10-18(12)14(19)8-9-17-15(16)20/h6-7,12H,2-5,8-10H2,1H3,(H3,16,17,20)/t12-/m1/s1. The quantitative estimate of drug-likeness (QED) is 0.890. The van der Waals surface area contributed by atoms with Crippen molar-refractivity contribution in [2.75, 3.05) is 13.1 Å². The molecule has 1 aliphatic heterocycles. The summed E-state index contributed by atoms with van der Waals surface area (Å²) in [5.74, 6) is 1.74. The van der Waals surface area contributed by atoms with Crippen LogP contribution in [0.4, 0.5) is 4.79 Å². The van der Waals surface area contributed by atoms with E-state index in [2.05, 4.69) is 5.32 Å². The van der Waals surface area contributed by atoms with Crippen molar-refractivity contribution in [1.29, 1.82) is 0 Å². The Morgan fingerprint density at radius 3 is 2.86 bits per heavy atom. The van der Waals surface area contributed by atoms with Crippen LogP contribution in [-0.4, -0.2) is 29.9 Å². The molecule has 0 spiro atoms. The van der Waals surface area contributed by atoms with Gasteiger partial charge in [-0.05, 0) is 31.9 Å². The fourth-order valence-electron chi connectivity index (χ4n) is 2.77. The van der Waals surface area contributed by atoms with Gasteiger partial charge in [-0.15, -0.1) is 0 Å². The van der Waals surface area contributed by atoms with E-state index >= 15 is 0 Å². The van der Waals surface area contributed by atoms with E-state index in [-0.39, 0.29) is 24.9 Å². The number of primary amides is 1. The van der Waals surface area contributed by atoms with Gasteiger partial charge in [-0.3, -0.25) is 4.79 Å². The van der Waals surface area contributed by atoms with Crippen molar-refractivity contribution in [2.45, 2.75) is 45.1 Å². The Balaban J connectivity index is 2.04. The molecule has 0 aliphatic carbocycles. The lowest BCUT2D eigenvalue weighted by Gasteiger charge is -2.28. The van der Waals surface area contributed by atoms with E-state index in [1.807, 2.05) is 24.0 Å². The highest BCUT2D eigenvalue weighted by Gasteiger charge is 2.28.